The van der Waals surface area contributed by atoms with Crippen molar-refractivity contribution in [1.29, 1.82) is 0 Å². The van der Waals surface area contributed by atoms with E-state index in [4.69, 9.17) is 10.5 Å². The van der Waals surface area contributed by atoms with Gasteiger partial charge in [0.25, 0.3) is 0 Å². The SMILES string of the molecule is CC(C)(C)OC(=O)C(N)C1(O)CCCCC1. The Hall–Kier alpha value is -0.610. The Morgan fingerprint density at radius 1 is 1.31 bits per heavy atom. The van der Waals surface area contributed by atoms with E-state index >= 15 is 0 Å². The quantitative estimate of drug-likeness (QED) is 0.701. The molecule has 16 heavy (non-hydrogen) atoms. The molecule has 0 bridgehead atoms. The minimum atomic E-state index is -1.07. The van der Waals surface area contributed by atoms with Crippen LogP contribution in [0.2, 0.25) is 0 Å². The van der Waals surface area contributed by atoms with Gasteiger partial charge in [-0.3, -0.25) is 4.79 Å². The maximum atomic E-state index is 11.8. The minimum absolute atomic E-state index is 0.503. The zero-order valence-electron chi connectivity index (χ0n) is 10.5. The van der Waals surface area contributed by atoms with Gasteiger partial charge in [0.1, 0.15) is 11.6 Å². The monoisotopic (exact) mass is 229 g/mol. The molecule has 0 radical (unpaired) electrons. The Kier molecular flexibility index (Phi) is 3.97. The van der Waals surface area contributed by atoms with Crippen molar-refractivity contribution in [2.24, 2.45) is 5.73 Å². The molecular formula is C12H23NO3. The van der Waals surface area contributed by atoms with E-state index in [1.807, 2.05) is 0 Å². The zero-order chi connectivity index (χ0) is 12.4. The lowest BCUT2D eigenvalue weighted by Crippen LogP contribution is -2.55. The molecule has 0 aliphatic heterocycles. The van der Waals surface area contributed by atoms with Crippen molar-refractivity contribution in [2.75, 3.05) is 0 Å². The van der Waals surface area contributed by atoms with Crippen LogP contribution in [0.5, 0.6) is 0 Å². The van der Waals surface area contributed by atoms with Crippen molar-refractivity contribution in [3.63, 3.8) is 0 Å². The molecule has 94 valence electrons. The number of carbonyl (C=O) groups excluding carboxylic acids is 1. The predicted molar refractivity (Wildman–Crippen MR) is 61.9 cm³/mol. The van der Waals surface area contributed by atoms with Crippen molar-refractivity contribution < 1.29 is 14.6 Å². The van der Waals surface area contributed by atoms with Crippen molar-refractivity contribution in [2.45, 2.75) is 70.1 Å². The Labute approximate surface area is 97.2 Å². The number of carbonyl (C=O) groups is 1. The van der Waals surface area contributed by atoms with Crippen LogP contribution in [0.3, 0.4) is 0 Å². The Bertz CT molecular complexity index is 251. The van der Waals surface area contributed by atoms with Crippen LogP contribution in [-0.4, -0.2) is 28.3 Å². The molecule has 3 N–H and O–H groups in total. The number of ether oxygens (including phenoxy) is 1. The predicted octanol–water partition coefficient (Wildman–Crippen LogP) is 1.35. The third kappa shape index (κ3) is 3.46. The number of esters is 1. The smallest absolute Gasteiger partial charge is 0.326 e. The van der Waals surface area contributed by atoms with Crippen LogP contribution in [0.15, 0.2) is 0 Å². The number of hydrogen-bond donors (Lipinski definition) is 2. The normalized spacial score (nSPS) is 22.6. The molecular weight excluding hydrogens is 206 g/mol. The largest absolute Gasteiger partial charge is 0.459 e. The molecule has 1 rings (SSSR count). The van der Waals surface area contributed by atoms with Gasteiger partial charge in [-0.15, -0.1) is 0 Å². The molecule has 1 aliphatic rings. The summed E-state index contributed by atoms with van der Waals surface area (Å²) in [4.78, 5) is 11.8. The Morgan fingerprint density at radius 3 is 2.25 bits per heavy atom. The van der Waals surface area contributed by atoms with E-state index < -0.39 is 23.2 Å². The van der Waals surface area contributed by atoms with Gasteiger partial charge in [-0.2, -0.15) is 0 Å². The molecule has 0 aromatic rings. The van der Waals surface area contributed by atoms with E-state index in [-0.39, 0.29) is 0 Å². The van der Waals surface area contributed by atoms with Crippen LogP contribution in [-0.2, 0) is 9.53 Å². The topological polar surface area (TPSA) is 72.5 Å². The fraction of sp³-hybridized carbons (Fsp3) is 0.917. The fourth-order valence-electron chi connectivity index (χ4n) is 2.06. The molecule has 0 saturated heterocycles. The van der Waals surface area contributed by atoms with Crippen LogP contribution < -0.4 is 5.73 Å². The van der Waals surface area contributed by atoms with Gasteiger partial charge in [-0.25, -0.2) is 0 Å². The lowest BCUT2D eigenvalue weighted by molar-refractivity contribution is -0.164. The molecule has 1 atom stereocenters. The summed E-state index contributed by atoms with van der Waals surface area (Å²) < 4.78 is 5.19. The second kappa shape index (κ2) is 4.72. The minimum Gasteiger partial charge on any atom is -0.459 e. The van der Waals surface area contributed by atoms with Gasteiger partial charge in [-0.05, 0) is 33.6 Å². The van der Waals surface area contributed by atoms with E-state index in [0.29, 0.717) is 12.8 Å². The molecule has 0 amide bonds. The maximum absolute atomic E-state index is 11.8. The van der Waals surface area contributed by atoms with E-state index in [0.717, 1.165) is 19.3 Å². The fourth-order valence-corrected chi connectivity index (χ4v) is 2.06. The molecule has 4 nitrogen and oxygen atoms in total. The lowest BCUT2D eigenvalue weighted by Gasteiger charge is -2.36. The first-order valence-corrected chi connectivity index (χ1v) is 5.95. The highest BCUT2D eigenvalue weighted by Crippen LogP contribution is 2.31. The third-order valence-electron chi connectivity index (χ3n) is 2.96. The summed E-state index contributed by atoms with van der Waals surface area (Å²) in [6.07, 6.45) is 4.13. The van der Waals surface area contributed by atoms with Gasteiger partial charge in [0.15, 0.2) is 0 Å². The average molecular weight is 229 g/mol. The van der Waals surface area contributed by atoms with E-state index in [2.05, 4.69) is 0 Å². The molecule has 1 unspecified atom stereocenters. The highest BCUT2D eigenvalue weighted by molar-refractivity contribution is 5.77. The summed E-state index contributed by atoms with van der Waals surface area (Å²) in [6.45, 7) is 5.38. The van der Waals surface area contributed by atoms with Crippen LogP contribution in [0, 0.1) is 0 Å². The summed E-state index contributed by atoms with van der Waals surface area (Å²) >= 11 is 0. The number of nitrogens with two attached hydrogens (primary N) is 1. The number of hydrogen-bond acceptors (Lipinski definition) is 4. The van der Waals surface area contributed by atoms with E-state index in [1.165, 1.54) is 0 Å². The van der Waals surface area contributed by atoms with E-state index in [1.54, 1.807) is 20.8 Å². The molecule has 1 fully saturated rings. The summed E-state index contributed by atoms with van der Waals surface area (Å²) in [5.74, 6) is -0.503. The van der Waals surface area contributed by atoms with Crippen molar-refractivity contribution in [3.8, 4) is 0 Å². The van der Waals surface area contributed by atoms with Crippen LogP contribution >= 0.6 is 0 Å². The average Bonchev–Trinajstić information content (AvgIpc) is 2.15. The Morgan fingerprint density at radius 2 is 1.81 bits per heavy atom. The first kappa shape index (κ1) is 13.5. The van der Waals surface area contributed by atoms with Crippen LogP contribution in [0.1, 0.15) is 52.9 Å². The zero-order valence-corrected chi connectivity index (χ0v) is 10.5. The van der Waals surface area contributed by atoms with E-state index in [9.17, 15) is 9.90 Å². The number of aliphatic hydroxyl groups is 1. The first-order valence-electron chi connectivity index (χ1n) is 5.95. The second-order valence-electron chi connectivity index (χ2n) is 5.68. The van der Waals surface area contributed by atoms with Gasteiger partial charge >= 0.3 is 5.97 Å². The summed E-state index contributed by atoms with van der Waals surface area (Å²) in [5, 5.41) is 10.3. The lowest BCUT2D eigenvalue weighted by atomic mass is 9.80. The highest BCUT2D eigenvalue weighted by Gasteiger charge is 2.41. The Balaban J connectivity index is 2.61. The van der Waals surface area contributed by atoms with Crippen molar-refractivity contribution in [3.05, 3.63) is 0 Å². The first-order chi connectivity index (χ1) is 7.25. The summed E-state index contributed by atoms with van der Waals surface area (Å²) in [6, 6.07) is -0.924. The van der Waals surface area contributed by atoms with Gasteiger partial charge in [0.2, 0.25) is 0 Å². The molecule has 0 aromatic heterocycles. The third-order valence-corrected chi connectivity index (χ3v) is 2.96. The summed E-state index contributed by atoms with van der Waals surface area (Å²) in [5.41, 5.74) is 4.18. The molecule has 1 saturated carbocycles. The molecule has 0 aromatic carbocycles. The highest BCUT2D eigenvalue weighted by atomic mass is 16.6. The maximum Gasteiger partial charge on any atom is 0.326 e. The second-order valence-corrected chi connectivity index (χ2v) is 5.68. The standard InChI is InChI=1S/C12H23NO3/c1-11(2,3)16-10(14)9(13)12(15)7-5-4-6-8-12/h9,15H,4-8,13H2,1-3H3. The van der Waals surface area contributed by atoms with Gasteiger partial charge in [0.05, 0.1) is 5.60 Å². The van der Waals surface area contributed by atoms with Crippen molar-refractivity contribution >= 4 is 5.97 Å². The molecule has 4 heteroatoms. The molecule has 0 spiro atoms. The van der Waals surface area contributed by atoms with Gasteiger partial charge in [0, 0.05) is 0 Å². The number of rotatable bonds is 2. The van der Waals surface area contributed by atoms with Crippen molar-refractivity contribution in [1.82, 2.24) is 0 Å². The molecule has 0 heterocycles. The van der Waals surface area contributed by atoms with Crippen LogP contribution in [0.4, 0.5) is 0 Å². The molecule has 1 aliphatic carbocycles. The summed E-state index contributed by atoms with van der Waals surface area (Å²) in [7, 11) is 0. The van der Waals surface area contributed by atoms with Crippen LogP contribution in [0.25, 0.3) is 0 Å². The van der Waals surface area contributed by atoms with Gasteiger partial charge < -0.3 is 15.6 Å². The van der Waals surface area contributed by atoms with Gasteiger partial charge in [-0.1, -0.05) is 19.3 Å².